The Labute approximate surface area is 171 Å². The van der Waals surface area contributed by atoms with Crippen molar-refractivity contribution in [2.24, 2.45) is 0 Å². The van der Waals surface area contributed by atoms with E-state index < -0.39 is 11.9 Å². The normalized spacial score (nSPS) is 17.4. The number of nitrogens with zero attached hydrogens (tertiary/aromatic N) is 5. The first-order chi connectivity index (χ1) is 14.2. The number of hydrogen-bond donors (Lipinski definition) is 2. The standard InChI is InChI=1S/C19H24F3N7O/c1-11(2)13-9-15(19(20,21)22)25-18(24-13)29-7-5-28(6-8-29)17(30)16-12-3-4-23-10-14(12)26-27-16/h9,11,23H,3-8,10H2,1-2H3,(H,26,27). The molecule has 0 unspecified atom stereocenters. The molecule has 1 fully saturated rings. The summed E-state index contributed by atoms with van der Waals surface area (Å²) in [6, 6.07) is 1.00. The highest BCUT2D eigenvalue weighted by Gasteiger charge is 2.35. The summed E-state index contributed by atoms with van der Waals surface area (Å²) in [6.07, 6.45) is -3.80. The Balaban J connectivity index is 1.49. The van der Waals surface area contributed by atoms with Crippen LogP contribution in [0.15, 0.2) is 6.07 Å². The van der Waals surface area contributed by atoms with Gasteiger partial charge in [-0.1, -0.05) is 13.8 Å². The summed E-state index contributed by atoms with van der Waals surface area (Å²) in [5.41, 5.74) is 1.73. The average Bonchev–Trinajstić information content (AvgIpc) is 3.16. The number of H-pyrrole nitrogens is 1. The van der Waals surface area contributed by atoms with Crippen molar-refractivity contribution in [1.29, 1.82) is 0 Å². The van der Waals surface area contributed by atoms with E-state index in [9.17, 15) is 18.0 Å². The number of halogens is 3. The first kappa shape index (κ1) is 20.6. The van der Waals surface area contributed by atoms with E-state index in [0.29, 0.717) is 44.1 Å². The Morgan fingerprint density at radius 2 is 1.90 bits per heavy atom. The predicted molar refractivity (Wildman–Crippen MR) is 103 cm³/mol. The number of carbonyl (C=O) groups excluding carboxylic acids is 1. The maximum absolute atomic E-state index is 13.3. The Hall–Kier alpha value is -2.69. The number of aromatic nitrogens is 4. The average molecular weight is 423 g/mol. The number of amides is 1. The topological polar surface area (TPSA) is 90.0 Å². The van der Waals surface area contributed by atoms with E-state index in [4.69, 9.17) is 0 Å². The molecule has 0 spiro atoms. The number of aromatic amines is 1. The van der Waals surface area contributed by atoms with Crippen LogP contribution in [0.5, 0.6) is 0 Å². The molecule has 30 heavy (non-hydrogen) atoms. The van der Waals surface area contributed by atoms with Crippen LogP contribution in [0.4, 0.5) is 19.1 Å². The molecule has 0 aliphatic carbocycles. The monoisotopic (exact) mass is 423 g/mol. The third-order valence-electron chi connectivity index (χ3n) is 5.47. The van der Waals surface area contributed by atoms with Gasteiger partial charge in [0, 0.05) is 44.0 Å². The molecular weight excluding hydrogens is 399 g/mol. The number of alkyl halides is 3. The minimum Gasteiger partial charge on any atom is -0.337 e. The number of hydrogen-bond acceptors (Lipinski definition) is 6. The fraction of sp³-hybridized carbons (Fsp3) is 0.579. The largest absolute Gasteiger partial charge is 0.433 e. The number of anilines is 1. The van der Waals surface area contributed by atoms with Crippen LogP contribution in [0.2, 0.25) is 0 Å². The van der Waals surface area contributed by atoms with Gasteiger partial charge in [0.05, 0.1) is 5.69 Å². The molecule has 1 saturated heterocycles. The molecule has 2 aromatic heterocycles. The Morgan fingerprint density at radius 1 is 1.17 bits per heavy atom. The first-order valence-corrected chi connectivity index (χ1v) is 10.0. The Bertz CT molecular complexity index is 933. The van der Waals surface area contributed by atoms with Crippen LogP contribution in [-0.4, -0.2) is 63.7 Å². The lowest BCUT2D eigenvalue weighted by Crippen LogP contribution is -2.49. The molecule has 1 amide bonds. The summed E-state index contributed by atoms with van der Waals surface area (Å²) in [5, 5.41) is 10.3. The molecule has 0 bridgehead atoms. The van der Waals surface area contributed by atoms with Gasteiger partial charge in [-0.3, -0.25) is 9.89 Å². The fourth-order valence-corrected chi connectivity index (χ4v) is 3.71. The molecule has 2 aliphatic heterocycles. The highest BCUT2D eigenvalue weighted by atomic mass is 19.4. The SMILES string of the molecule is CC(C)c1cc(C(F)(F)F)nc(N2CCN(C(=O)c3n[nH]c4c3CCNC4)CC2)n1. The molecule has 2 aliphatic rings. The van der Waals surface area contributed by atoms with Crippen LogP contribution >= 0.6 is 0 Å². The van der Waals surface area contributed by atoms with E-state index in [1.807, 2.05) is 0 Å². The van der Waals surface area contributed by atoms with Crippen LogP contribution < -0.4 is 10.2 Å². The van der Waals surface area contributed by atoms with Crippen molar-refractivity contribution in [3.8, 4) is 0 Å². The molecule has 0 radical (unpaired) electrons. The van der Waals surface area contributed by atoms with Gasteiger partial charge >= 0.3 is 6.18 Å². The van der Waals surface area contributed by atoms with Crippen molar-refractivity contribution in [2.45, 2.75) is 38.9 Å². The number of nitrogens with one attached hydrogen (secondary N) is 2. The quantitative estimate of drug-likeness (QED) is 0.785. The van der Waals surface area contributed by atoms with Crippen LogP contribution in [0.25, 0.3) is 0 Å². The number of fused-ring (bicyclic) bond motifs is 1. The van der Waals surface area contributed by atoms with Gasteiger partial charge in [0.2, 0.25) is 5.95 Å². The summed E-state index contributed by atoms with van der Waals surface area (Å²) >= 11 is 0. The Kier molecular flexibility index (Phi) is 5.39. The fourth-order valence-electron chi connectivity index (χ4n) is 3.71. The molecule has 4 heterocycles. The summed E-state index contributed by atoms with van der Waals surface area (Å²) in [6.45, 7) is 6.51. The van der Waals surface area contributed by atoms with Gasteiger partial charge in [0.15, 0.2) is 5.69 Å². The summed E-state index contributed by atoms with van der Waals surface area (Å²) in [5.74, 6) is -0.248. The molecule has 11 heteroatoms. The second-order valence-corrected chi connectivity index (χ2v) is 7.87. The van der Waals surface area contributed by atoms with Crippen molar-refractivity contribution in [3.63, 3.8) is 0 Å². The minimum absolute atomic E-state index is 0.0591. The van der Waals surface area contributed by atoms with E-state index >= 15 is 0 Å². The highest BCUT2D eigenvalue weighted by Crippen LogP contribution is 2.31. The Morgan fingerprint density at radius 3 is 2.57 bits per heavy atom. The van der Waals surface area contributed by atoms with E-state index in [0.717, 1.165) is 30.3 Å². The molecule has 0 aromatic carbocycles. The number of carbonyl (C=O) groups is 1. The number of rotatable bonds is 3. The lowest BCUT2D eigenvalue weighted by molar-refractivity contribution is -0.141. The van der Waals surface area contributed by atoms with Crippen molar-refractivity contribution in [1.82, 2.24) is 30.4 Å². The maximum atomic E-state index is 13.3. The second kappa shape index (κ2) is 7.86. The molecule has 8 nitrogen and oxygen atoms in total. The van der Waals surface area contributed by atoms with E-state index in [-0.39, 0.29) is 17.8 Å². The zero-order valence-corrected chi connectivity index (χ0v) is 16.9. The third kappa shape index (κ3) is 3.98. The molecule has 2 N–H and O–H groups in total. The lowest BCUT2D eigenvalue weighted by Gasteiger charge is -2.35. The number of piperazine rings is 1. The van der Waals surface area contributed by atoms with Crippen LogP contribution in [0, 0.1) is 0 Å². The maximum Gasteiger partial charge on any atom is 0.433 e. The van der Waals surface area contributed by atoms with Crippen molar-refractivity contribution < 1.29 is 18.0 Å². The first-order valence-electron chi connectivity index (χ1n) is 10.0. The van der Waals surface area contributed by atoms with Crippen molar-refractivity contribution in [3.05, 3.63) is 34.4 Å². The summed E-state index contributed by atoms with van der Waals surface area (Å²) < 4.78 is 39.8. The molecular formula is C19H24F3N7O. The second-order valence-electron chi connectivity index (χ2n) is 7.87. The zero-order chi connectivity index (χ0) is 21.5. The molecule has 4 rings (SSSR count). The van der Waals surface area contributed by atoms with Crippen molar-refractivity contribution in [2.75, 3.05) is 37.6 Å². The van der Waals surface area contributed by atoms with Gasteiger partial charge in [-0.15, -0.1) is 0 Å². The molecule has 0 saturated carbocycles. The van der Waals surface area contributed by atoms with E-state index in [1.54, 1.807) is 23.6 Å². The van der Waals surface area contributed by atoms with E-state index in [2.05, 4.69) is 25.5 Å². The van der Waals surface area contributed by atoms with Gasteiger partial charge in [0.25, 0.3) is 5.91 Å². The molecule has 2 aromatic rings. The van der Waals surface area contributed by atoms with Crippen LogP contribution in [-0.2, 0) is 19.1 Å². The molecule has 0 atom stereocenters. The van der Waals surface area contributed by atoms with Gasteiger partial charge in [-0.05, 0) is 24.9 Å². The summed E-state index contributed by atoms with van der Waals surface area (Å²) in [4.78, 5) is 24.4. The van der Waals surface area contributed by atoms with Crippen LogP contribution in [0.1, 0.15) is 52.9 Å². The van der Waals surface area contributed by atoms with Crippen LogP contribution in [0.3, 0.4) is 0 Å². The smallest absolute Gasteiger partial charge is 0.337 e. The highest BCUT2D eigenvalue weighted by molar-refractivity contribution is 5.94. The molecule has 162 valence electrons. The van der Waals surface area contributed by atoms with E-state index in [1.165, 1.54) is 0 Å². The third-order valence-corrected chi connectivity index (χ3v) is 5.47. The van der Waals surface area contributed by atoms with Gasteiger partial charge in [-0.2, -0.15) is 18.3 Å². The summed E-state index contributed by atoms with van der Waals surface area (Å²) in [7, 11) is 0. The predicted octanol–water partition coefficient (Wildman–Crippen LogP) is 1.95. The van der Waals surface area contributed by atoms with Gasteiger partial charge < -0.3 is 15.1 Å². The van der Waals surface area contributed by atoms with Gasteiger partial charge in [-0.25, -0.2) is 9.97 Å². The minimum atomic E-state index is -4.53. The zero-order valence-electron chi connectivity index (χ0n) is 16.9. The lowest BCUT2D eigenvalue weighted by atomic mass is 10.1. The van der Waals surface area contributed by atoms with Gasteiger partial charge in [0.1, 0.15) is 5.69 Å². The van der Waals surface area contributed by atoms with Crippen molar-refractivity contribution >= 4 is 11.9 Å².